The molecule has 0 saturated heterocycles. The highest BCUT2D eigenvalue weighted by atomic mass is 32.1. The summed E-state index contributed by atoms with van der Waals surface area (Å²) >= 11 is 6.37. The molecular weight excluding hydrogens is 278 g/mol. The molecule has 3 N–H and O–H groups in total. The number of nitrogens with one attached hydrogen (secondary N) is 1. The van der Waals surface area contributed by atoms with Gasteiger partial charge < -0.3 is 11.1 Å². The van der Waals surface area contributed by atoms with E-state index < -0.39 is 0 Å². The molecule has 1 amide bonds. The van der Waals surface area contributed by atoms with E-state index in [1.165, 1.54) is 11.3 Å². The first kappa shape index (κ1) is 13.6. The molecular formula is C13H13N3OS2. The number of thiocarbonyl (C=S) groups is 1. The smallest absolute Gasteiger partial charge is 0.267 e. The SMILES string of the molecule is Cc1ncc(C(=O)Nc2cccc(C)c2C(N)=S)s1. The Bertz CT molecular complexity index is 649. The zero-order chi connectivity index (χ0) is 14.0. The van der Waals surface area contributed by atoms with Gasteiger partial charge in [-0.1, -0.05) is 24.4 Å². The Labute approximate surface area is 120 Å². The summed E-state index contributed by atoms with van der Waals surface area (Å²) in [5.41, 5.74) is 7.97. The summed E-state index contributed by atoms with van der Waals surface area (Å²) < 4.78 is 0. The number of benzene rings is 1. The van der Waals surface area contributed by atoms with E-state index in [0.29, 0.717) is 16.1 Å². The number of thiazole rings is 1. The summed E-state index contributed by atoms with van der Waals surface area (Å²) in [6, 6.07) is 5.54. The van der Waals surface area contributed by atoms with Gasteiger partial charge in [-0.25, -0.2) is 4.98 Å². The molecule has 0 aliphatic carbocycles. The van der Waals surface area contributed by atoms with Crippen LogP contribution in [0.3, 0.4) is 0 Å². The number of anilines is 1. The molecule has 0 radical (unpaired) electrons. The third-order valence-corrected chi connectivity index (χ3v) is 3.73. The topological polar surface area (TPSA) is 68.0 Å². The Kier molecular flexibility index (Phi) is 3.92. The van der Waals surface area contributed by atoms with Crippen LogP contribution in [0.15, 0.2) is 24.4 Å². The third-order valence-electron chi connectivity index (χ3n) is 2.61. The number of amides is 1. The zero-order valence-electron chi connectivity index (χ0n) is 10.6. The summed E-state index contributed by atoms with van der Waals surface area (Å²) in [6.07, 6.45) is 1.56. The van der Waals surface area contributed by atoms with Gasteiger partial charge in [0.05, 0.1) is 16.9 Å². The molecule has 4 nitrogen and oxygen atoms in total. The van der Waals surface area contributed by atoms with Crippen molar-refractivity contribution in [3.8, 4) is 0 Å². The number of hydrogen-bond donors (Lipinski definition) is 2. The van der Waals surface area contributed by atoms with Gasteiger partial charge in [-0.15, -0.1) is 11.3 Å². The molecule has 0 unspecified atom stereocenters. The van der Waals surface area contributed by atoms with Crippen LogP contribution in [0, 0.1) is 13.8 Å². The van der Waals surface area contributed by atoms with Crippen molar-refractivity contribution in [2.45, 2.75) is 13.8 Å². The van der Waals surface area contributed by atoms with Gasteiger partial charge in [0.1, 0.15) is 9.87 Å². The van der Waals surface area contributed by atoms with Gasteiger partial charge in [0, 0.05) is 5.56 Å². The highest BCUT2D eigenvalue weighted by molar-refractivity contribution is 7.80. The maximum Gasteiger partial charge on any atom is 0.267 e. The summed E-state index contributed by atoms with van der Waals surface area (Å²) in [5, 5.41) is 3.68. The molecule has 0 spiro atoms. The van der Waals surface area contributed by atoms with Crippen LogP contribution in [0.2, 0.25) is 0 Å². The minimum atomic E-state index is -0.200. The number of hydrogen-bond acceptors (Lipinski definition) is 4. The van der Waals surface area contributed by atoms with Crippen molar-refractivity contribution < 1.29 is 4.79 Å². The maximum absolute atomic E-state index is 12.1. The molecule has 19 heavy (non-hydrogen) atoms. The lowest BCUT2D eigenvalue weighted by molar-refractivity contribution is 0.103. The summed E-state index contributed by atoms with van der Waals surface area (Å²) in [5.74, 6) is -0.200. The minimum Gasteiger partial charge on any atom is -0.389 e. The Hall–Kier alpha value is -1.79. The molecule has 0 fully saturated rings. The van der Waals surface area contributed by atoms with Gasteiger partial charge >= 0.3 is 0 Å². The highest BCUT2D eigenvalue weighted by Crippen LogP contribution is 2.21. The number of nitrogens with two attached hydrogens (primary N) is 1. The number of aryl methyl sites for hydroxylation is 2. The fourth-order valence-electron chi connectivity index (χ4n) is 1.75. The summed E-state index contributed by atoms with van der Waals surface area (Å²) in [4.78, 5) is 17.0. The first-order valence-corrected chi connectivity index (χ1v) is 6.84. The predicted molar refractivity (Wildman–Crippen MR) is 81.9 cm³/mol. The fourth-order valence-corrected chi connectivity index (χ4v) is 2.69. The van der Waals surface area contributed by atoms with Gasteiger partial charge in [-0.3, -0.25) is 4.79 Å². The van der Waals surface area contributed by atoms with E-state index in [-0.39, 0.29) is 10.9 Å². The molecule has 98 valence electrons. The second kappa shape index (κ2) is 5.46. The predicted octanol–water partition coefficient (Wildman–Crippen LogP) is 2.65. The molecule has 1 aromatic carbocycles. The average molecular weight is 291 g/mol. The summed E-state index contributed by atoms with van der Waals surface area (Å²) in [7, 11) is 0. The van der Waals surface area contributed by atoms with Gasteiger partial charge in [-0.2, -0.15) is 0 Å². The van der Waals surface area contributed by atoms with Crippen LogP contribution in [-0.4, -0.2) is 15.9 Å². The fraction of sp³-hybridized carbons (Fsp3) is 0.154. The van der Waals surface area contributed by atoms with Crippen LogP contribution in [-0.2, 0) is 0 Å². The van der Waals surface area contributed by atoms with Gasteiger partial charge in [0.15, 0.2) is 0 Å². The molecule has 0 aliphatic heterocycles. The average Bonchev–Trinajstić information content (AvgIpc) is 2.75. The van der Waals surface area contributed by atoms with Gasteiger partial charge in [-0.05, 0) is 25.5 Å². The molecule has 1 heterocycles. The van der Waals surface area contributed by atoms with Crippen LogP contribution < -0.4 is 11.1 Å². The van der Waals surface area contributed by atoms with Crippen LogP contribution in [0.1, 0.15) is 25.8 Å². The highest BCUT2D eigenvalue weighted by Gasteiger charge is 2.14. The van der Waals surface area contributed by atoms with Crippen molar-refractivity contribution in [2.75, 3.05) is 5.32 Å². The van der Waals surface area contributed by atoms with E-state index in [1.54, 1.807) is 12.3 Å². The van der Waals surface area contributed by atoms with E-state index in [9.17, 15) is 4.79 Å². The van der Waals surface area contributed by atoms with Gasteiger partial charge in [0.25, 0.3) is 5.91 Å². The van der Waals surface area contributed by atoms with E-state index in [2.05, 4.69) is 10.3 Å². The Morgan fingerprint density at radius 1 is 1.42 bits per heavy atom. The van der Waals surface area contributed by atoms with E-state index >= 15 is 0 Å². The molecule has 0 bridgehead atoms. The van der Waals surface area contributed by atoms with Crippen LogP contribution in [0.5, 0.6) is 0 Å². The summed E-state index contributed by atoms with van der Waals surface area (Å²) in [6.45, 7) is 3.76. The molecule has 0 aliphatic rings. The van der Waals surface area contributed by atoms with Gasteiger partial charge in [0.2, 0.25) is 0 Å². The number of carbonyl (C=O) groups excluding carboxylic acids is 1. The van der Waals surface area contributed by atoms with E-state index in [4.69, 9.17) is 18.0 Å². The van der Waals surface area contributed by atoms with Crippen molar-refractivity contribution in [1.29, 1.82) is 0 Å². The van der Waals surface area contributed by atoms with Crippen LogP contribution >= 0.6 is 23.6 Å². The molecule has 2 aromatic rings. The first-order valence-electron chi connectivity index (χ1n) is 5.62. The largest absolute Gasteiger partial charge is 0.389 e. The molecule has 1 aromatic heterocycles. The van der Waals surface area contributed by atoms with Crippen molar-refractivity contribution >= 4 is 40.1 Å². The second-order valence-corrected chi connectivity index (χ2v) is 5.73. The number of aromatic nitrogens is 1. The number of nitrogens with zero attached hydrogens (tertiary/aromatic N) is 1. The second-order valence-electron chi connectivity index (χ2n) is 4.06. The quantitative estimate of drug-likeness (QED) is 0.853. The van der Waals surface area contributed by atoms with Crippen molar-refractivity contribution in [1.82, 2.24) is 4.98 Å². The molecule has 0 atom stereocenters. The lowest BCUT2D eigenvalue weighted by Crippen LogP contribution is -2.18. The number of rotatable bonds is 3. The lowest BCUT2D eigenvalue weighted by atomic mass is 10.1. The Morgan fingerprint density at radius 3 is 2.74 bits per heavy atom. The van der Waals surface area contributed by atoms with Crippen molar-refractivity contribution in [3.63, 3.8) is 0 Å². The van der Waals surface area contributed by atoms with E-state index in [0.717, 1.165) is 10.6 Å². The van der Waals surface area contributed by atoms with Crippen LogP contribution in [0.4, 0.5) is 5.69 Å². The van der Waals surface area contributed by atoms with Crippen molar-refractivity contribution in [2.24, 2.45) is 5.73 Å². The lowest BCUT2D eigenvalue weighted by Gasteiger charge is -2.11. The zero-order valence-corrected chi connectivity index (χ0v) is 12.2. The molecule has 6 heteroatoms. The maximum atomic E-state index is 12.1. The van der Waals surface area contributed by atoms with Crippen LogP contribution in [0.25, 0.3) is 0 Å². The third kappa shape index (κ3) is 2.97. The Balaban J connectivity index is 2.31. The van der Waals surface area contributed by atoms with E-state index in [1.807, 2.05) is 26.0 Å². The first-order chi connectivity index (χ1) is 8.99. The molecule has 2 rings (SSSR count). The number of carbonyl (C=O) groups is 1. The standard InChI is InChI=1S/C13H13N3OS2/c1-7-4-3-5-9(11(7)12(14)18)16-13(17)10-6-15-8(2)19-10/h3-6H,1-2H3,(H2,14,18)(H,16,17). The molecule has 0 saturated carbocycles. The minimum absolute atomic E-state index is 0.200. The normalized spacial score (nSPS) is 10.2. The monoisotopic (exact) mass is 291 g/mol. The Morgan fingerprint density at radius 2 is 2.16 bits per heavy atom. The van der Waals surface area contributed by atoms with Crippen molar-refractivity contribution in [3.05, 3.63) is 45.4 Å².